The van der Waals surface area contributed by atoms with Crippen LogP contribution >= 0.6 is 0 Å². The molecule has 0 amide bonds. The van der Waals surface area contributed by atoms with E-state index < -0.39 is 29.7 Å². The zero-order valence-corrected chi connectivity index (χ0v) is 4.79. The molecule has 8 heavy (non-hydrogen) atoms. The SMILES string of the molecule is O=S([O-])CCC(F)F. The molecule has 0 aliphatic carbocycles. The number of hydrogen-bond acceptors (Lipinski definition) is 2. The van der Waals surface area contributed by atoms with Crippen molar-refractivity contribution in [2.24, 2.45) is 0 Å². The summed E-state index contributed by atoms with van der Waals surface area (Å²) in [7, 11) is 0. The third-order valence-corrected chi connectivity index (χ3v) is 1.07. The number of hydrogen-bond donors (Lipinski definition) is 0. The Morgan fingerprint density at radius 3 is 2.25 bits per heavy atom. The van der Waals surface area contributed by atoms with Crippen molar-refractivity contribution in [2.45, 2.75) is 12.8 Å². The maximum Gasteiger partial charge on any atom is 0.239 e. The van der Waals surface area contributed by atoms with Gasteiger partial charge in [0, 0.05) is 12.2 Å². The van der Waals surface area contributed by atoms with Crippen LogP contribution in [0.2, 0.25) is 0 Å². The highest BCUT2D eigenvalue weighted by Gasteiger charge is 1.99. The Kier molecular flexibility index (Phi) is 3.90. The van der Waals surface area contributed by atoms with Crippen LogP contribution < -0.4 is 0 Å². The minimum absolute atomic E-state index is 0.447. The van der Waals surface area contributed by atoms with Crippen molar-refractivity contribution < 1.29 is 17.5 Å². The Bertz CT molecular complexity index is 85.4. The number of alkyl halides is 2. The minimum Gasteiger partial charge on any atom is -0.772 e. The second-order valence-corrected chi connectivity index (χ2v) is 2.20. The first-order valence-electron chi connectivity index (χ1n) is 1.97. The maximum atomic E-state index is 11.1. The fourth-order valence-electron chi connectivity index (χ4n) is 0.185. The zero-order chi connectivity index (χ0) is 6.57. The molecule has 50 valence electrons. The summed E-state index contributed by atoms with van der Waals surface area (Å²) in [4.78, 5) is 0. The van der Waals surface area contributed by atoms with Crippen LogP contribution in [0.15, 0.2) is 0 Å². The molecule has 0 radical (unpaired) electrons. The molecule has 0 spiro atoms. The van der Waals surface area contributed by atoms with Gasteiger partial charge in [-0.15, -0.1) is 0 Å². The van der Waals surface area contributed by atoms with Crippen molar-refractivity contribution in [3.05, 3.63) is 0 Å². The lowest BCUT2D eigenvalue weighted by molar-refractivity contribution is 0.144. The predicted molar refractivity (Wildman–Crippen MR) is 24.4 cm³/mol. The van der Waals surface area contributed by atoms with Gasteiger partial charge in [0.1, 0.15) is 0 Å². The van der Waals surface area contributed by atoms with E-state index in [1.165, 1.54) is 0 Å². The summed E-state index contributed by atoms with van der Waals surface area (Å²) in [6, 6.07) is 0. The largest absolute Gasteiger partial charge is 0.772 e. The molecule has 0 aromatic carbocycles. The molecule has 0 aliphatic rings. The molecule has 2 nitrogen and oxygen atoms in total. The molecule has 0 fully saturated rings. The van der Waals surface area contributed by atoms with E-state index in [-0.39, 0.29) is 0 Å². The Hall–Kier alpha value is -0.0300. The predicted octanol–water partition coefficient (Wildman–Crippen LogP) is 0.521. The van der Waals surface area contributed by atoms with Gasteiger partial charge in [-0.2, -0.15) is 0 Å². The van der Waals surface area contributed by atoms with E-state index in [9.17, 15) is 17.5 Å². The van der Waals surface area contributed by atoms with Crippen LogP contribution in [0.5, 0.6) is 0 Å². The average Bonchev–Trinajstić information content (AvgIpc) is 1.61. The van der Waals surface area contributed by atoms with Gasteiger partial charge in [-0.1, -0.05) is 11.1 Å². The monoisotopic (exact) mass is 143 g/mol. The fraction of sp³-hybridized carbons (Fsp3) is 1.00. The first kappa shape index (κ1) is 7.97. The van der Waals surface area contributed by atoms with Crippen molar-refractivity contribution in [3.63, 3.8) is 0 Å². The Morgan fingerprint density at radius 1 is 1.62 bits per heavy atom. The molecule has 0 saturated heterocycles. The van der Waals surface area contributed by atoms with E-state index in [1.54, 1.807) is 0 Å². The number of rotatable bonds is 3. The van der Waals surface area contributed by atoms with Crippen molar-refractivity contribution in [1.82, 2.24) is 0 Å². The Labute approximate surface area is 48.2 Å². The highest BCUT2D eigenvalue weighted by molar-refractivity contribution is 7.79. The van der Waals surface area contributed by atoms with Crippen molar-refractivity contribution >= 4 is 11.1 Å². The van der Waals surface area contributed by atoms with Gasteiger partial charge in [-0.05, 0) is 0 Å². The van der Waals surface area contributed by atoms with Crippen LogP contribution in [0.25, 0.3) is 0 Å². The smallest absolute Gasteiger partial charge is 0.239 e. The summed E-state index contributed by atoms with van der Waals surface area (Å²) in [5.74, 6) is -0.447. The number of halogens is 2. The molecular formula is C3H5F2O2S-. The average molecular weight is 143 g/mol. The van der Waals surface area contributed by atoms with Crippen LogP contribution in [0.1, 0.15) is 6.42 Å². The lowest BCUT2D eigenvalue weighted by Crippen LogP contribution is -2.00. The van der Waals surface area contributed by atoms with Gasteiger partial charge < -0.3 is 4.55 Å². The molecule has 0 heterocycles. The lowest BCUT2D eigenvalue weighted by Gasteiger charge is -2.01. The molecule has 0 aromatic heterocycles. The topological polar surface area (TPSA) is 40.1 Å². The summed E-state index contributed by atoms with van der Waals surface area (Å²) >= 11 is -2.32. The van der Waals surface area contributed by atoms with E-state index >= 15 is 0 Å². The fourth-order valence-corrected chi connectivity index (χ4v) is 0.556. The van der Waals surface area contributed by atoms with Crippen LogP contribution in [0.3, 0.4) is 0 Å². The molecule has 0 bridgehead atoms. The molecule has 0 aromatic rings. The molecular weight excluding hydrogens is 138 g/mol. The normalized spacial score (nSPS) is 14.5. The van der Waals surface area contributed by atoms with E-state index in [0.717, 1.165) is 0 Å². The van der Waals surface area contributed by atoms with Crippen LogP contribution in [0.4, 0.5) is 8.78 Å². The first-order chi connectivity index (χ1) is 3.63. The summed E-state index contributed by atoms with van der Waals surface area (Å²) in [6.45, 7) is 0. The second kappa shape index (κ2) is 3.91. The highest BCUT2D eigenvalue weighted by Crippen LogP contribution is 1.98. The van der Waals surface area contributed by atoms with E-state index in [2.05, 4.69) is 0 Å². The molecule has 1 unspecified atom stereocenters. The second-order valence-electron chi connectivity index (χ2n) is 1.19. The summed E-state index contributed by atoms with van der Waals surface area (Å²) < 4.78 is 41.4. The highest BCUT2D eigenvalue weighted by atomic mass is 32.2. The molecule has 0 N–H and O–H groups in total. The zero-order valence-electron chi connectivity index (χ0n) is 3.97. The summed E-state index contributed by atoms with van der Waals surface area (Å²) in [5.41, 5.74) is 0. The van der Waals surface area contributed by atoms with Crippen molar-refractivity contribution in [1.29, 1.82) is 0 Å². The Balaban J connectivity index is 3.05. The van der Waals surface area contributed by atoms with Crippen LogP contribution in [-0.4, -0.2) is 20.9 Å². The molecule has 5 heteroatoms. The van der Waals surface area contributed by atoms with E-state index in [0.29, 0.717) is 0 Å². The summed E-state index contributed by atoms with van der Waals surface area (Å²) in [6.07, 6.45) is -3.07. The van der Waals surface area contributed by atoms with Crippen molar-refractivity contribution in [3.8, 4) is 0 Å². The van der Waals surface area contributed by atoms with Gasteiger partial charge in [0.2, 0.25) is 6.43 Å². The van der Waals surface area contributed by atoms with Gasteiger partial charge in [-0.25, -0.2) is 8.78 Å². The molecule has 0 rings (SSSR count). The van der Waals surface area contributed by atoms with Crippen LogP contribution in [-0.2, 0) is 11.1 Å². The minimum atomic E-state index is -2.51. The van der Waals surface area contributed by atoms with E-state index in [1.807, 2.05) is 0 Å². The van der Waals surface area contributed by atoms with Crippen LogP contribution in [0, 0.1) is 0 Å². The van der Waals surface area contributed by atoms with Crippen molar-refractivity contribution in [2.75, 3.05) is 5.75 Å². The lowest BCUT2D eigenvalue weighted by atomic mass is 10.5. The van der Waals surface area contributed by atoms with Gasteiger partial charge in [-0.3, -0.25) is 4.21 Å². The summed E-state index contributed by atoms with van der Waals surface area (Å²) in [5, 5.41) is 0. The molecule has 0 aliphatic heterocycles. The van der Waals surface area contributed by atoms with Gasteiger partial charge in [0.05, 0.1) is 0 Å². The van der Waals surface area contributed by atoms with Gasteiger partial charge >= 0.3 is 0 Å². The Morgan fingerprint density at radius 2 is 2.12 bits per heavy atom. The van der Waals surface area contributed by atoms with Gasteiger partial charge in [0.25, 0.3) is 0 Å². The standard InChI is InChI=1S/C3H6F2O2S/c4-3(5)1-2-8(6)7/h3H,1-2H2,(H,6,7)/p-1. The first-order valence-corrected chi connectivity index (χ1v) is 3.21. The molecule has 1 atom stereocenters. The van der Waals surface area contributed by atoms with E-state index in [4.69, 9.17) is 0 Å². The molecule has 0 saturated carbocycles. The third-order valence-electron chi connectivity index (χ3n) is 0.503. The van der Waals surface area contributed by atoms with Gasteiger partial charge in [0.15, 0.2) is 0 Å². The third kappa shape index (κ3) is 5.97. The quantitative estimate of drug-likeness (QED) is 0.540. The maximum absolute atomic E-state index is 11.1.